The Morgan fingerprint density at radius 1 is 1.00 bits per heavy atom. The fourth-order valence-corrected chi connectivity index (χ4v) is 3.03. The van der Waals surface area contributed by atoms with E-state index in [0.29, 0.717) is 16.7 Å². The molecule has 0 aliphatic carbocycles. The van der Waals surface area contributed by atoms with E-state index < -0.39 is 4.92 Å². The van der Waals surface area contributed by atoms with Crippen molar-refractivity contribution in [3.63, 3.8) is 0 Å². The third-order valence-corrected chi connectivity index (χ3v) is 4.35. The molecule has 0 aliphatic heterocycles. The maximum atomic E-state index is 11.1. The predicted octanol–water partition coefficient (Wildman–Crippen LogP) is 5.98. The fourth-order valence-electron chi connectivity index (χ4n) is 3.03. The van der Waals surface area contributed by atoms with Crippen LogP contribution < -0.4 is 0 Å². The summed E-state index contributed by atoms with van der Waals surface area (Å²) in [4.78, 5) is 10.7. The molecule has 0 spiro atoms. The maximum Gasteiger partial charge on any atom is 0.270 e. The lowest BCUT2D eigenvalue weighted by Gasteiger charge is -2.12. The Morgan fingerprint density at radius 2 is 1.78 bits per heavy atom. The summed E-state index contributed by atoms with van der Waals surface area (Å²) in [5.41, 5.74) is 4.15. The van der Waals surface area contributed by atoms with E-state index in [0.717, 1.165) is 18.4 Å². The summed E-state index contributed by atoms with van der Waals surface area (Å²) in [6.45, 7) is 2.03. The Labute approximate surface area is 158 Å². The van der Waals surface area contributed by atoms with E-state index in [-0.39, 0.29) is 11.4 Å². The van der Waals surface area contributed by atoms with Gasteiger partial charge in [0.2, 0.25) is 0 Å². The first-order chi connectivity index (χ1) is 13.1. The minimum absolute atomic E-state index is 0.00557. The van der Waals surface area contributed by atoms with Crippen LogP contribution in [0.1, 0.15) is 30.0 Å². The van der Waals surface area contributed by atoms with Gasteiger partial charge in [0.05, 0.1) is 4.92 Å². The second-order valence-corrected chi connectivity index (χ2v) is 6.36. The van der Waals surface area contributed by atoms with E-state index in [1.807, 2.05) is 49.4 Å². The number of hydrogen-bond acceptors (Lipinski definition) is 3. The molecular weight excluding hydrogens is 338 g/mol. The zero-order chi connectivity index (χ0) is 19.2. The van der Waals surface area contributed by atoms with Crippen molar-refractivity contribution in [1.82, 2.24) is 0 Å². The Morgan fingerprint density at radius 3 is 2.48 bits per heavy atom. The standard InChI is InChI=1S/C23H21NO3/c1-2-3-10-20-14-18(13-17-8-5-4-6-9-17)15-22(23(20)25)19-11-7-12-21(16-19)24(26)27/h3-12,14-16,25H,2,13H2,1H3. The first-order valence-corrected chi connectivity index (χ1v) is 8.89. The van der Waals surface area contributed by atoms with Gasteiger partial charge < -0.3 is 5.11 Å². The molecule has 0 amide bonds. The van der Waals surface area contributed by atoms with Gasteiger partial charge in [-0.15, -0.1) is 0 Å². The van der Waals surface area contributed by atoms with E-state index in [1.165, 1.54) is 17.7 Å². The molecule has 4 nitrogen and oxygen atoms in total. The highest BCUT2D eigenvalue weighted by Gasteiger charge is 2.14. The highest BCUT2D eigenvalue weighted by Crippen LogP contribution is 2.36. The Balaban J connectivity index is 2.11. The van der Waals surface area contributed by atoms with Crippen LogP contribution in [0.25, 0.3) is 17.2 Å². The van der Waals surface area contributed by atoms with Gasteiger partial charge in [-0.2, -0.15) is 0 Å². The summed E-state index contributed by atoms with van der Waals surface area (Å²) in [6.07, 6.45) is 5.45. The lowest BCUT2D eigenvalue weighted by Crippen LogP contribution is -1.93. The average Bonchev–Trinajstić information content (AvgIpc) is 2.69. The van der Waals surface area contributed by atoms with E-state index in [1.54, 1.807) is 12.1 Å². The molecular formula is C23H21NO3. The molecule has 0 aromatic heterocycles. The monoisotopic (exact) mass is 359 g/mol. The van der Waals surface area contributed by atoms with Gasteiger partial charge in [0.25, 0.3) is 5.69 Å². The molecule has 0 atom stereocenters. The second kappa shape index (κ2) is 8.32. The number of non-ortho nitro benzene ring substituents is 1. The minimum atomic E-state index is -0.424. The second-order valence-electron chi connectivity index (χ2n) is 6.36. The zero-order valence-electron chi connectivity index (χ0n) is 15.1. The van der Waals surface area contributed by atoms with Gasteiger partial charge in [0.15, 0.2) is 0 Å². The van der Waals surface area contributed by atoms with E-state index >= 15 is 0 Å². The van der Waals surface area contributed by atoms with Gasteiger partial charge in [-0.05, 0) is 41.7 Å². The Bertz CT molecular complexity index is 978. The third kappa shape index (κ3) is 4.42. The fraction of sp³-hybridized carbons (Fsp3) is 0.130. The topological polar surface area (TPSA) is 63.4 Å². The highest BCUT2D eigenvalue weighted by atomic mass is 16.6. The van der Waals surface area contributed by atoms with E-state index in [2.05, 4.69) is 12.1 Å². The van der Waals surface area contributed by atoms with Crippen molar-refractivity contribution in [3.8, 4) is 16.9 Å². The number of phenols is 1. The molecule has 0 fully saturated rings. The number of nitro benzene ring substituents is 1. The number of rotatable bonds is 6. The first kappa shape index (κ1) is 18.4. The van der Waals surface area contributed by atoms with Crippen molar-refractivity contribution in [2.75, 3.05) is 0 Å². The third-order valence-electron chi connectivity index (χ3n) is 4.35. The maximum absolute atomic E-state index is 11.1. The molecule has 3 rings (SSSR count). The number of nitrogens with zero attached hydrogens (tertiary/aromatic N) is 1. The number of nitro groups is 1. The van der Waals surface area contributed by atoms with Crippen molar-refractivity contribution >= 4 is 11.8 Å². The number of phenolic OH excluding ortho intramolecular Hbond substituents is 1. The number of allylic oxidation sites excluding steroid dienone is 1. The van der Waals surface area contributed by atoms with Gasteiger partial charge in [-0.25, -0.2) is 0 Å². The molecule has 0 bridgehead atoms. The Kier molecular flexibility index (Phi) is 5.67. The molecule has 0 saturated heterocycles. The molecule has 1 N–H and O–H groups in total. The molecule has 0 aliphatic rings. The summed E-state index contributed by atoms with van der Waals surface area (Å²) in [7, 11) is 0. The summed E-state index contributed by atoms with van der Waals surface area (Å²) < 4.78 is 0. The molecule has 0 saturated carbocycles. The molecule has 4 heteroatoms. The SMILES string of the molecule is CCC=Cc1cc(Cc2ccccc2)cc(-c2cccc([N+](=O)[O-])c2)c1O. The predicted molar refractivity (Wildman–Crippen MR) is 109 cm³/mol. The zero-order valence-corrected chi connectivity index (χ0v) is 15.1. The lowest BCUT2D eigenvalue weighted by atomic mass is 9.94. The smallest absolute Gasteiger partial charge is 0.270 e. The van der Waals surface area contributed by atoms with Crippen molar-refractivity contribution < 1.29 is 10.0 Å². The number of benzene rings is 3. The number of hydrogen-bond donors (Lipinski definition) is 1. The summed E-state index contributed by atoms with van der Waals surface area (Å²) >= 11 is 0. The molecule has 0 unspecified atom stereocenters. The lowest BCUT2D eigenvalue weighted by molar-refractivity contribution is -0.384. The molecule has 136 valence electrons. The summed E-state index contributed by atoms with van der Waals surface area (Å²) in [5, 5.41) is 21.9. The largest absolute Gasteiger partial charge is 0.507 e. The van der Waals surface area contributed by atoms with Crippen molar-refractivity contribution in [2.24, 2.45) is 0 Å². The van der Waals surface area contributed by atoms with E-state index in [4.69, 9.17) is 0 Å². The molecule has 0 radical (unpaired) electrons. The average molecular weight is 359 g/mol. The van der Waals surface area contributed by atoms with Gasteiger partial charge >= 0.3 is 0 Å². The van der Waals surface area contributed by atoms with Gasteiger partial charge in [-0.3, -0.25) is 10.1 Å². The highest BCUT2D eigenvalue weighted by molar-refractivity contribution is 5.78. The van der Waals surface area contributed by atoms with Crippen LogP contribution in [0.4, 0.5) is 5.69 Å². The van der Waals surface area contributed by atoms with Crippen LogP contribution in [-0.4, -0.2) is 10.0 Å². The number of aromatic hydroxyl groups is 1. The normalized spacial score (nSPS) is 11.0. The van der Waals surface area contributed by atoms with Crippen LogP contribution in [0.2, 0.25) is 0 Å². The van der Waals surface area contributed by atoms with Crippen molar-refractivity contribution in [2.45, 2.75) is 19.8 Å². The van der Waals surface area contributed by atoms with Crippen LogP contribution in [-0.2, 0) is 6.42 Å². The van der Waals surface area contributed by atoms with Crippen LogP contribution in [0.3, 0.4) is 0 Å². The molecule has 27 heavy (non-hydrogen) atoms. The summed E-state index contributed by atoms with van der Waals surface area (Å²) in [5.74, 6) is 0.136. The minimum Gasteiger partial charge on any atom is -0.507 e. The molecule has 3 aromatic carbocycles. The van der Waals surface area contributed by atoms with Crippen LogP contribution in [0.15, 0.2) is 72.8 Å². The van der Waals surface area contributed by atoms with Crippen LogP contribution >= 0.6 is 0 Å². The van der Waals surface area contributed by atoms with Gasteiger partial charge in [0.1, 0.15) is 5.75 Å². The summed E-state index contributed by atoms with van der Waals surface area (Å²) in [6, 6.07) is 20.3. The quantitative estimate of drug-likeness (QED) is 0.435. The van der Waals surface area contributed by atoms with Crippen molar-refractivity contribution in [3.05, 3.63) is 99.6 Å². The molecule has 0 heterocycles. The molecule has 3 aromatic rings. The Hall–Kier alpha value is -3.40. The van der Waals surface area contributed by atoms with Crippen LogP contribution in [0, 0.1) is 10.1 Å². The van der Waals surface area contributed by atoms with Crippen molar-refractivity contribution in [1.29, 1.82) is 0 Å². The van der Waals surface area contributed by atoms with Gasteiger partial charge in [-0.1, -0.05) is 61.5 Å². The van der Waals surface area contributed by atoms with Crippen LogP contribution in [0.5, 0.6) is 5.75 Å². The van der Waals surface area contributed by atoms with Gasteiger partial charge in [0, 0.05) is 23.3 Å². The first-order valence-electron chi connectivity index (χ1n) is 8.89. The van der Waals surface area contributed by atoms with E-state index in [9.17, 15) is 15.2 Å².